The minimum Gasteiger partial charge on any atom is -0.479 e. The molecule has 1 saturated carbocycles. The molecule has 120 valence electrons. The lowest BCUT2D eigenvalue weighted by Crippen LogP contribution is -2.30. The summed E-state index contributed by atoms with van der Waals surface area (Å²) in [4.78, 5) is 0. The summed E-state index contributed by atoms with van der Waals surface area (Å²) in [5.41, 5.74) is 2.71. The lowest BCUT2D eigenvalue weighted by atomic mass is 10.0. The van der Waals surface area contributed by atoms with Crippen LogP contribution in [-0.4, -0.2) is 46.1 Å². The van der Waals surface area contributed by atoms with Crippen LogP contribution in [-0.2, 0) is 9.47 Å². The van der Waals surface area contributed by atoms with E-state index in [4.69, 9.17) is 9.47 Å². The Morgan fingerprint density at radius 2 is 2.24 bits per heavy atom. The highest BCUT2D eigenvalue weighted by Crippen LogP contribution is 2.21. The SMILES string of the molecule is CCOC1=C(CCCNCOC)C=C(CNC2CC2)CN1. The van der Waals surface area contributed by atoms with E-state index in [0.717, 1.165) is 44.4 Å². The molecule has 0 radical (unpaired) electrons. The summed E-state index contributed by atoms with van der Waals surface area (Å²) in [7, 11) is 1.70. The monoisotopic (exact) mass is 295 g/mol. The molecular formula is C16H29N3O2. The highest BCUT2D eigenvalue weighted by molar-refractivity contribution is 5.32. The van der Waals surface area contributed by atoms with Crippen LogP contribution in [0.1, 0.15) is 32.6 Å². The van der Waals surface area contributed by atoms with Crippen molar-refractivity contribution in [2.45, 2.75) is 38.6 Å². The zero-order chi connectivity index (χ0) is 14.9. The maximum Gasteiger partial charge on any atom is 0.190 e. The number of methoxy groups -OCH3 is 1. The molecule has 0 amide bonds. The zero-order valence-electron chi connectivity index (χ0n) is 13.3. The molecule has 0 saturated heterocycles. The van der Waals surface area contributed by atoms with Gasteiger partial charge in [0.05, 0.1) is 13.3 Å². The van der Waals surface area contributed by atoms with Crippen molar-refractivity contribution in [2.75, 3.05) is 40.1 Å². The third-order valence-electron chi connectivity index (χ3n) is 3.68. The second-order valence-electron chi connectivity index (χ2n) is 5.64. The molecular weight excluding hydrogens is 266 g/mol. The molecule has 0 unspecified atom stereocenters. The molecule has 0 bridgehead atoms. The first-order valence-corrected chi connectivity index (χ1v) is 8.05. The summed E-state index contributed by atoms with van der Waals surface area (Å²) < 4.78 is 10.7. The van der Waals surface area contributed by atoms with Gasteiger partial charge in [-0.15, -0.1) is 0 Å². The van der Waals surface area contributed by atoms with E-state index in [1.807, 2.05) is 6.92 Å². The summed E-state index contributed by atoms with van der Waals surface area (Å²) >= 11 is 0. The van der Waals surface area contributed by atoms with Crippen LogP contribution in [0.25, 0.3) is 0 Å². The summed E-state index contributed by atoms with van der Waals surface area (Å²) in [5, 5.41) is 10.2. The number of ether oxygens (including phenoxy) is 2. The third-order valence-corrected chi connectivity index (χ3v) is 3.68. The Morgan fingerprint density at radius 1 is 1.38 bits per heavy atom. The van der Waals surface area contributed by atoms with Crippen LogP contribution in [0, 0.1) is 0 Å². The maximum absolute atomic E-state index is 5.72. The minimum atomic E-state index is 0.613. The van der Waals surface area contributed by atoms with Crippen LogP contribution >= 0.6 is 0 Å². The van der Waals surface area contributed by atoms with Gasteiger partial charge in [-0.1, -0.05) is 6.08 Å². The van der Waals surface area contributed by atoms with Crippen molar-refractivity contribution in [3.63, 3.8) is 0 Å². The Bertz CT molecular complexity index is 376. The standard InChI is InChI=1S/C16H29N3O2/c1-3-21-16-14(5-4-8-17-12-20-2)9-13(11-19-16)10-18-15-6-7-15/h9,15,17-19H,3-8,10-12H2,1-2H3. The Labute approximate surface area is 128 Å². The number of hydrogen-bond donors (Lipinski definition) is 3. The van der Waals surface area contributed by atoms with Crippen molar-refractivity contribution in [1.29, 1.82) is 0 Å². The Kier molecular flexibility index (Phi) is 7.06. The van der Waals surface area contributed by atoms with E-state index in [0.29, 0.717) is 13.3 Å². The molecule has 0 aromatic carbocycles. The fourth-order valence-corrected chi connectivity index (χ4v) is 2.40. The summed E-state index contributed by atoms with van der Waals surface area (Å²) in [6.07, 6.45) is 7.08. The van der Waals surface area contributed by atoms with E-state index in [-0.39, 0.29) is 0 Å². The lowest BCUT2D eigenvalue weighted by molar-refractivity contribution is 0.175. The summed E-state index contributed by atoms with van der Waals surface area (Å²) in [6, 6.07) is 0.755. The molecule has 1 aliphatic heterocycles. The normalized spacial score (nSPS) is 18.5. The van der Waals surface area contributed by atoms with Crippen LogP contribution < -0.4 is 16.0 Å². The van der Waals surface area contributed by atoms with E-state index in [9.17, 15) is 0 Å². The molecule has 2 aliphatic rings. The average molecular weight is 295 g/mol. The van der Waals surface area contributed by atoms with Crippen molar-refractivity contribution in [1.82, 2.24) is 16.0 Å². The lowest BCUT2D eigenvalue weighted by Gasteiger charge is -2.22. The number of rotatable bonds is 11. The summed E-state index contributed by atoms with van der Waals surface area (Å²) in [5.74, 6) is 0.958. The first-order valence-electron chi connectivity index (χ1n) is 8.05. The Balaban J connectivity index is 1.82. The average Bonchev–Trinajstić information content (AvgIpc) is 3.31. The van der Waals surface area contributed by atoms with Gasteiger partial charge in [-0.05, 0) is 44.7 Å². The van der Waals surface area contributed by atoms with Gasteiger partial charge in [-0.2, -0.15) is 0 Å². The zero-order valence-corrected chi connectivity index (χ0v) is 13.3. The van der Waals surface area contributed by atoms with Gasteiger partial charge in [-0.25, -0.2) is 0 Å². The van der Waals surface area contributed by atoms with Crippen LogP contribution in [0.3, 0.4) is 0 Å². The van der Waals surface area contributed by atoms with Crippen molar-refractivity contribution >= 4 is 0 Å². The molecule has 1 aliphatic carbocycles. The second-order valence-corrected chi connectivity index (χ2v) is 5.64. The van der Waals surface area contributed by atoms with Crippen LogP contribution in [0.4, 0.5) is 0 Å². The van der Waals surface area contributed by atoms with Crippen LogP contribution in [0.2, 0.25) is 0 Å². The third kappa shape index (κ3) is 6.08. The topological polar surface area (TPSA) is 54.5 Å². The van der Waals surface area contributed by atoms with E-state index in [2.05, 4.69) is 22.0 Å². The highest BCUT2D eigenvalue weighted by atomic mass is 16.5. The quantitative estimate of drug-likeness (QED) is 0.398. The van der Waals surface area contributed by atoms with Gasteiger partial charge in [0.15, 0.2) is 5.88 Å². The van der Waals surface area contributed by atoms with Crippen LogP contribution in [0.5, 0.6) is 0 Å². The Hall–Kier alpha value is -1.04. The van der Waals surface area contributed by atoms with E-state index >= 15 is 0 Å². The van der Waals surface area contributed by atoms with Crippen molar-refractivity contribution in [2.24, 2.45) is 0 Å². The number of hydrogen-bond acceptors (Lipinski definition) is 5. The molecule has 0 spiro atoms. The van der Waals surface area contributed by atoms with E-state index < -0.39 is 0 Å². The van der Waals surface area contributed by atoms with E-state index in [1.165, 1.54) is 24.0 Å². The fraction of sp³-hybridized carbons (Fsp3) is 0.750. The molecule has 1 fully saturated rings. The smallest absolute Gasteiger partial charge is 0.190 e. The predicted molar refractivity (Wildman–Crippen MR) is 84.9 cm³/mol. The fourth-order valence-electron chi connectivity index (χ4n) is 2.40. The van der Waals surface area contributed by atoms with Gasteiger partial charge in [0.25, 0.3) is 0 Å². The predicted octanol–water partition coefficient (Wildman–Crippen LogP) is 1.49. The number of allylic oxidation sites excluding steroid dienone is 2. The molecule has 5 nitrogen and oxygen atoms in total. The van der Waals surface area contributed by atoms with E-state index in [1.54, 1.807) is 7.11 Å². The molecule has 0 atom stereocenters. The molecule has 0 aromatic heterocycles. The first-order chi connectivity index (χ1) is 10.3. The van der Waals surface area contributed by atoms with Gasteiger partial charge < -0.3 is 20.1 Å². The molecule has 0 aromatic rings. The van der Waals surface area contributed by atoms with Crippen molar-refractivity contribution in [3.05, 3.63) is 23.1 Å². The molecule has 1 heterocycles. The first kappa shape index (κ1) is 16.3. The summed E-state index contributed by atoms with van der Waals surface area (Å²) in [6.45, 7) is 6.18. The van der Waals surface area contributed by atoms with Crippen LogP contribution in [0.15, 0.2) is 23.1 Å². The van der Waals surface area contributed by atoms with Gasteiger partial charge in [0, 0.05) is 31.8 Å². The van der Waals surface area contributed by atoms with Gasteiger partial charge in [0.1, 0.15) is 0 Å². The number of nitrogens with one attached hydrogen (secondary N) is 3. The molecule has 5 heteroatoms. The number of dihydropyridines is 1. The Morgan fingerprint density at radius 3 is 2.95 bits per heavy atom. The van der Waals surface area contributed by atoms with Crippen molar-refractivity contribution < 1.29 is 9.47 Å². The van der Waals surface area contributed by atoms with Crippen molar-refractivity contribution in [3.8, 4) is 0 Å². The minimum absolute atomic E-state index is 0.613. The molecule has 21 heavy (non-hydrogen) atoms. The molecule has 3 N–H and O–H groups in total. The van der Waals surface area contributed by atoms with Gasteiger partial charge >= 0.3 is 0 Å². The maximum atomic E-state index is 5.72. The van der Waals surface area contributed by atoms with Gasteiger partial charge in [-0.3, -0.25) is 5.32 Å². The second kappa shape index (κ2) is 9.07. The molecule has 2 rings (SSSR count). The van der Waals surface area contributed by atoms with Gasteiger partial charge in [0.2, 0.25) is 0 Å². The highest BCUT2D eigenvalue weighted by Gasteiger charge is 2.21. The largest absolute Gasteiger partial charge is 0.479 e.